The van der Waals surface area contributed by atoms with Gasteiger partial charge in [-0.05, 0) is 65.6 Å². The highest BCUT2D eigenvalue weighted by Crippen LogP contribution is 2.31. The van der Waals surface area contributed by atoms with E-state index in [1.54, 1.807) is 0 Å². The van der Waals surface area contributed by atoms with Gasteiger partial charge in [-0.2, -0.15) is 0 Å². The summed E-state index contributed by atoms with van der Waals surface area (Å²) in [5.74, 6) is 2.66. The van der Waals surface area contributed by atoms with Crippen LogP contribution in [0.5, 0.6) is 0 Å². The van der Waals surface area contributed by atoms with Crippen molar-refractivity contribution in [2.24, 2.45) is 11.8 Å². The molecular formula is C14H21BrN2. The zero-order valence-electron chi connectivity index (χ0n) is 10.8. The number of hydrogen-bond donors (Lipinski definition) is 1. The summed E-state index contributed by atoms with van der Waals surface area (Å²) in [6, 6.07) is 2.70. The van der Waals surface area contributed by atoms with Crippen LogP contribution in [0, 0.1) is 18.8 Å². The number of nitrogens with one attached hydrogen (secondary N) is 1. The fourth-order valence-corrected chi connectivity index (χ4v) is 3.19. The van der Waals surface area contributed by atoms with Crippen LogP contribution >= 0.6 is 15.9 Å². The molecule has 1 fully saturated rings. The molecule has 0 aromatic carbocycles. The number of pyridine rings is 1. The van der Waals surface area contributed by atoms with Crippen molar-refractivity contribution in [2.45, 2.75) is 46.1 Å². The minimum absolute atomic E-state index is 0.582. The molecule has 94 valence electrons. The first-order valence-electron chi connectivity index (χ1n) is 6.45. The van der Waals surface area contributed by atoms with Gasteiger partial charge >= 0.3 is 0 Å². The quantitative estimate of drug-likeness (QED) is 0.875. The monoisotopic (exact) mass is 296 g/mol. The van der Waals surface area contributed by atoms with Crippen LogP contribution in [-0.4, -0.2) is 11.0 Å². The largest absolute Gasteiger partial charge is 0.367 e. The number of aromatic nitrogens is 1. The summed E-state index contributed by atoms with van der Waals surface area (Å²) in [6.07, 6.45) is 5.79. The van der Waals surface area contributed by atoms with Crippen molar-refractivity contribution in [3.05, 3.63) is 22.3 Å². The fourth-order valence-electron chi connectivity index (χ4n) is 2.75. The standard InChI is InChI=1S/C14H21BrN2/c1-9-4-5-13(10(2)6-9)17-14-11(3)7-12(15)8-16-14/h7-10,13H,4-6H2,1-3H3,(H,16,17). The molecule has 1 saturated carbocycles. The first-order valence-corrected chi connectivity index (χ1v) is 7.24. The molecule has 1 aromatic heterocycles. The van der Waals surface area contributed by atoms with Gasteiger partial charge in [0.2, 0.25) is 0 Å². The third-order valence-electron chi connectivity index (χ3n) is 3.80. The van der Waals surface area contributed by atoms with E-state index in [0.717, 1.165) is 22.1 Å². The molecule has 0 spiro atoms. The first kappa shape index (κ1) is 12.9. The summed E-state index contributed by atoms with van der Waals surface area (Å²) >= 11 is 3.45. The SMILES string of the molecule is Cc1cc(Br)cnc1NC1CCC(C)CC1C. The third-order valence-corrected chi connectivity index (χ3v) is 4.23. The van der Waals surface area contributed by atoms with Gasteiger partial charge in [0.15, 0.2) is 0 Å². The number of halogens is 1. The maximum absolute atomic E-state index is 4.47. The van der Waals surface area contributed by atoms with Crippen LogP contribution in [0.3, 0.4) is 0 Å². The molecule has 3 atom stereocenters. The Labute approximate surface area is 112 Å². The summed E-state index contributed by atoms with van der Waals surface area (Å²) < 4.78 is 1.05. The molecule has 0 aliphatic heterocycles. The lowest BCUT2D eigenvalue weighted by atomic mass is 9.80. The Bertz CT molecular complexity index is 392. The Kier molecular flexibility index (Phi) is 4.08. The van der Waals surface area contributed by atoms with Crippen molar-refractivity contribution in [2.75, 3.05) is 5.32 Å². The molecule has 0 bridgehead atoms. The summed E-state index contributed by atoms with van der Waals surface area (Å²) in [5, 5.41) is 3.61. The smallest absolute Gasteiger partial charge is 0.129 e. The predicted octanol–water partition coefficient (Wildman–Crippen LogP) is 4.39. The van der Waals surface area contributed by atoms with Crippen molar-refractivity contribution < 1.29 is 0 Å². The summed E-state index contributed by atoms with van der Waals surface area (Å²) in [5.41, 5.74) is 1.21. The van der Waals surface area contributed by atoms with Crippen LogP contribution in [0.2, 0.25) is 0 Å². The Morgan fingerprint density at radius 1 is 1.35 bits per heavy atom. The zero-order chi connectivity index (χ0) is 12.4. The maximum Gasteiger partial charge on any atom is 0.129 e. The van der Waals surface area contributed by atoms with Crippen LogP contribution in [-0.2, 0) is 0 Å². The number of aryl methyl sites for hydroxylation is 1. The van der Waals surface area contributed by atoms with Crippen LogP contribution in [0.4, 0.5) is 5.82 Å². The molecule has 1 aromatic rings. The lowest BCUT2D eigenvalue weighted by Gasteiger charge is -2.33. The molecule has 0 amide bonds. The number of hydrogen-bond acceptors (Lipinski definition) is 2. The molecule has 3 unspecified atom stereocenters. The van der Waals surface area contributed by atoms with E-state index in [2.05, 4.69) is 53.1 Å². The second-order valence-corrected chi connectivity index (χ2v) is 6.38. The minimum Gasteiger partial charge on any atom is -0.367 e. The molecule has 3 heteroatoms. The van der Waals surface area contributed by atoms with E-state index >= 15 is 0 Å². The first-order chi connectivity index (χ1) is 8.06. The number of nitrogens with zero attached hydrogens (tertiary/aromatic N) is 1. The fraction of sp³-hybridized carbons (Fsp3) is 0.643. The topological polar surface area (TPSA) is 24.9 Å². The summed E-state index contributed by atoms with van der Waals surface area (Å²) in [7, 11) is 0. The normalized spacial score (nSPS) is 29.1. The van der Waals surface area contributed by atoms with Crippen molar-refractivity contribution in [3.63, 3.8) is 0 Å². The molecule has 1 aliphatic carbocycles. The number of anilines is 1. The van der Waals surface area contributed by atoms with Gasteiger partial charge in [-0.3, -0.25) is 0 Å². The highest BCUT2D eigenvalue weighted by molar-refractivity contribution is 9.10. The molecule has 0 saturated heterocycles. The highest BCUT2D eigenvalue weighted by atomic mass is 79.9. The average Bonchev–Trinajstić information content (AvgIpc) is 2.25. The van der Waals surface area contributed by atoms with Gasteiger partial charge in [0.1, 0.15) is 5.82 Å². The van der Waals surface area contributed by atoms with E-state index in [1.807, 2.05) is 6.20 Å². The van der Waals surface area contributed by atoms with E-state index in [1.165, 1.54) is 24.8 Å². The minimum atomic E-state index is 0.582. The van der Waals surface area contributed by atoms with Crippen molar-refractivity contribution in [3.8, 4) is 0 Å². The predicted molar refractivity (Wildman–Crippen MR) is 76.3 cm³/mol. The Morgan fingerprint density at radius 3 is 2.76 bits per heavy atom. The average molecular weight is 297 g/mol. The van der Waals surface area contributed by atoms with E-state index in [-0.39, 0.29) is 0 Å². The maximum atomic E-state index is 4.47. The Balaban J connectivity index is 2.05. The van der Waals surface area contributed by atoms with Crippen LogP contribution in [0.25, 0.3) is 0 Å². The second-order valence-electron chi connectivity index (χ2n) is 5.47. The lowest BCUT2D eigenvalue weighted by molar-refractivity contribution is 0.276. The summed E-state index contributed by atoms with van der Waals surface area (Å²) in [6.45, 7) is 6.81. The molecule has 2 nitrogen and oxygen atoms in total. The zero-order valence-corrected chi connectivity index (χ0v) is 12.4. The lowest BCUT2D eigenvalue weighted by Crippen LogP contribution is -2.33. The van der Waals surface area contributed by atoms with E-state index < -0.39 is 0 Å². The second kappa shape index (κ2) is 5.38. The van der Waals surface area contributed by atoms with Gasteiger partial charge in [0, 0.05) is 16.7 Å². The van der Waals surface area contributed by atoms with Gasteiger partial charge in [-0.1, -0.05) is 13.8 Å². The molecular weight excluding hydrogens is 276 g/mol. The van der Waals surface area contributed by atoms with Crippen molar-refractivity contribution in [1.82, 2.24) is 4.98 Å². The van der Waals surface area contributed by atoms with Crippen molar-refractivity contribution >= 4 is 21.7 Å². The number of rotatable bonds is 2. The summed E-state index contributed by atoms with van der Waals surface area (Å²) in [4.78, 5) is 4.47. The van der Waals surface area contributed by atoms with Crippen molar-refractivity contribution in [1.29, 1.82) is 0 Å². The van der Waals surface area contributed by atoms with E-state index in [9.17, 15) is 0 Å². The van der Waals surface area contributed by atoms with E-state index in [0.29, 0.717) is 6.04 Å². The molecule has 0 radical (unpaired) electrons. The Hall–Kier alpha value is -0.570. The van der Waals surface area contributed by atoms with Gasteiger partial charge in [-0.25, -0.2) is 4.98 Å². The van der Waals surface area contributed by atoms with Crippen LogP contribution in [0.15, 0.2) is 16.7 Å². The van der Waals surface area contributed by atoms with Crippen LogP contribution in [0.1, 0.15) is 38.7 Å². The van der Waals surface area contributed by atoms with Gasteiger partial charge in [0.25, 0.3) is 0 Å². The van der Waals surface area contributed by atoms with Gasteiger partial charge in [0.05, 0.1) is 0 Å². The van der Waals surface area contributed by atoms with Gasteiger partial charge in [-0.15, -0.1) is 0 Å². The molecule has 2 rings (SSSR count). The van der Waals surface area contributed by atoms with E-state index in [4.69, 9.17) is 0 Å². The Morgan fingerprint density at radius 2 is 2.12 bits per heavy atom. The third kappa shape index (κ3) is 3.21. The molecule has 17 heavy (non-hydrogen) atoms. The highest BCUT2D eigenvalue weighted by Gasteiger charge is 2.25. The molecule has 1 heterocycles. The molecule has 1 aliphatic rings. The van der Waals surface area contributed by atoms with Gasteiger partial charge < -0.3 is 5.32 Å². The molecule has 1 N–H and O–H groups in total. The van der Waals surface area contributed by atoms with Crippen LogP contribution < -0.4 is 5.32 Å².